The van der Waals surface area contributed by atoms with Crippen LogP contribution in [0, 0.1) is 10.1 Å². The Hall–Kier alpha value is -2.38. The highest BCUT2D eigenvalue weighted by atomic mass is 32.2. The molecule has 0 aliphatic heterocycles. The van der Waals surface area contributed by atoms with E-state index in [1.807, 2.05) is 0 Å². The summed E-state index contributed by atoms with van der Waals surface area (Å²) in [5, 5.41) is 13.8. The summed E-state index contributed by atoms with van der Waals surface area (Å²) >= 11 is 1.30. The highest BCUT2D eigenvalue weighted by molar-refractivity contribution is 7.97. The van der Waals surface area contributed by atoms with Gasteiger partial charge in [0, 0.05) is 22.7 Å². The van der Waals surface area contributed by atoms with E-state index in [0.29, 0.717) is 0 Å². The van der Waals surface area contributed by atoms with Gasteiger partial charge in [0.25, 0.3) is 5.69 Å². The van der Waals surface area contributed by atoms with Crippen LogP contribution < -0.4 is 10.0 Å². The summed E-state index contributed by atoms with van der Waals surface area (Å²) in [4.78, 5) is 23.6. The SMILES string of the molecule is O=C(CNSc1ccc([N+](=O)[O-])cc1)Nc1c2c(cc3c1CCC3)CCC2. The second-order valence-electron chi connectivity index (χ2n) is 6.96. The molecule has 0 saturated carbocycles. The molecule has 4 rings (SSSR count). The van der Waals surface area contributed by atoms with Crippen LogP contribution in [0.5, 0.6) is 0 Å². The third kappa shape index (κ3) is 3.84. The lowest BCUT2D eigenvalue weighted by atomic mass is 9.98. The molecule has 2 N–H and O–H groups in total. The quantitative estimate of drug-likeness (QED) is 0.450. The van der Waals surface area contributed by atoms with Crippen LogP contribution in [-0.2, 0) is 30.5 Å². The maximum Gasteiger partial charge on any atom is 0.269 e. The lowest BCUT2D eigenvalue weighted by Crippen LogP contribution is -2.25. The fraction of sp³-hybridized carbons (Fsp3) is 0.350. The summed E-state index contributed by atoms with van der Waals surface area (Å²) in [6, 6.07) is 8.61. The number of carbonyl (C=O) groups excluding carboxylic acids is 1. The molecule has 27 heavy (non-hydrogen) atoms. The van der Waals surface area contributed by atoms with Gasteiger partial charge in [0.2, 0.25) is 5.91 Å². The molecular weight excluding hydrogens is 362 g/mol. The summed E-state index contributed by atoms with van der Waals surface area (Å²) in [7, 11) is 0. The third-order valence-electron chi connectivity index (χ3n) is 5.21. The highest BCUT2D eigenvalue weighted by Gasteiger charge is 2.24. The molecule has 6 nitrogen and oxygen atoms in total. The Morgan fingerprint density at radius 1 is 1.04 bits per heavy atom. The van der Waals surface area contributed by atoms with Crippen molar-refractivity contribution in [1.82, 2.24) is 4.72 Å². The Bertz CT molecular complexity index is 864. The number of benzene rings is 2. The van der Waals surface area contributed by atoms with Gasteiger partial charge in [-0.2, -0.15) is 0 Å². The van der Waals surface area contributed by atoms with Gasteiger partial charge in [-0.15, -0.1) is 0 Å². The van der Waals surface area contributed by atoms with E-state index in [-0.39, 0.29) is 18.1 Å². The zero-order valence-electron chi connectivity index (χ0n) is 14.9. The summed E-state index contributed by atoms with van der Waals surface area (Å²) in [5.74, 6) is -0.0567. The van der Waals surface area contributed by atoms with Gasteiger partial charge in [0.1, 0.15) is 0 Å². The van der Waals surface area contributed by atoms with Crippen LogP contribution in [0.1, 0.15) is 35.1 Å². The van der Waals surface area contributed by atoms with Crippen molar-refractivity contribution < 1.29 is 9.72 Å². The number of nitro groups is 1. The summed E-state index contributed by atoms with van der Waals surface area (Å²) in [5.41, 5.74) is 6.57. The first-order chi connectivity index (χ1) is 13.1. The Labute approximate surface area is 162 Å². The third-order valence-corrected chi connectivity index (χ3v) is 6.00. The van der Waals surface area contributed by atoms with Crippen molar-refractivity contribution in [3.63, 3.8) is 0 Å². The Balaban J connectivity index is 1.37. The summed E-state index contributed by atoms with van der Waals surface area (Å²) in [6.45, 7) is 0.181. The van der Waals surface area contributed by atoms with E-state index >= 15 is 0 Å². The van der Waals surface area contributed by atoms with Crippen molar-refractivity contribution in [2.75, 3.05) is 11.9 Å². The summed E-state index contributed by atoms with van der Waals surface area (Å²) in [6.07, 6.45) is 6.64. The van der Waals surface area contributed by atoms with E-state index in [2.05, 4.69) is 16.1 Å². The molecule has 0 atom stereocenters. The predicted molar refractivity (Wildman–Crippen MR) is 106 cm³/mol. The average Bonchev–Trinajstić information content (AvgIpc) is 3.31. The first-order valence-corrected chi connectivity index (χ1v) is 10.0. The van der Waals surface area contributed by atoms with E-state index in [1.54, 1.807) is 12.1 Å². The zero-order chi connectivity index (χ0) is 18.8. The number of amides is 1. The molecule has 2 aromatic carbocycles. The molecular formula is C20H21N3O3S. The van der Waals surface area contributed by atoms with Gasteiger partial charge >= 0.3 is 0 Å². The molecule has 0 aromatic heterocycles. The van der Waals surface area contributed by atoms with Crippen LogP contribution in [-0.4, -0.2) is 17.4 Å². The Kier molecular flexibility index (Phi) is 5.13. The average molecular weight is 383 g/mol. The van der Waals surface area contributed by atoms with E-state index in [9.17, 15) is 14.9 Å². The van der Waals surface area contributed by atoms with Crippen molar-refractivity contribution in [2.24, 2.45) is 0 Å². The number of hydrogen-bond donors (Lipinski definition) is 2. The molecule has 2 aromatic rings. The smallest absolute Gasteiger partial charge is 0.269 e. The molecule has 0 spiro atoms. The van der Waals surface area contributed by atoms with Crippen LogP contribution in [0.4, 0.5) is 11.4 Å². The Morgan fingerprint density at radius 2 is 1.67 bits per heavy atom. The number of carbonyl (C=O) groups is 1. The number of aryl methyl sites for hydroxylation is 2. The standard InChI is InChI=1S/C20H21N3O3S/c24-19(12-21-27-16-9-7-15(8-10-16)23(25)26)22-20-17-5-1-3-13(17)11-14-4-2-6-18(14)20/h7-11,21H,1-6,12H2,(H,22,24). The molecule has 0 fully saturated rings. The first kappa shape index (κ1) is 18.0. The fourth-order valence-electron chi connectivity index (χ4n) is 3.97. The van der Waals surface area contributed by atoms with Gasteiger partial charge in [-0.25, -0.2) is 0 Å². The van der Waals surface area contributed by atoms with E-state index in [0.717, 1.165) is 49.1 Å². The number of nitro benzene ring substituents is 1. The van der Waals surface area contributed by atoms with Gasteiger partial charge < -0.3 is 5.32 Å². The number of fused-ring (bicyclic) bond motifs is 2. The number of hydrogen-bond acceptors (Lipinski definition) is 5. The molecule has 0 radical (unpaired) electrons. The van der Waals surface area contributed by atoms with Crippen molar-refractivity contribution in [2.45, 2.75) is 43.4 Å². The minimum atomic E-state index is -0.425. The maximum atomic E-state index is 12.5. The van der Waals surface area contributed by atoms with Crippen LogP contribution in [0.3, 0.4) is 0 Å². The predicted octanol–water partition coefficient (Wildman–Crippen LogP) is 3.81. The first-order valence-electron chi connectivity index (χ1n) is 9.22. The molecule has 0 heterocycles. The second kappa shape index (κ2) is 7.70. The summed E-state index contributed by atoms with van der Waals surface area (Å²) < 4.78 is 3.04. The van der Waals surface area contributed by atoms with Gasteiger partial charge in [-0.1, -0.05) is 6.07 Å². The van der Waals surface area contributed by atoms with Gasteiger partial charge in [-0.3, -0.25) is 19.6 Å². The number of nitrogens with one attached hydrogen (secondary N) is 2. The normalized spacial score (nSPS) is 14.7. The number of rotatable bonds is 6. The van der Waals surface area contributed by atoms with E-state index < -0.39 is 4.92 Å². The fourth-order valence-corrected chi connectivity index (χ4v) is 4.61. The Morgan fingerprint density at radius 3 is 2.26 bits per heavy atom. The molecule has 2 aliphatic rings. The topological polar surface area (TPSA) is 84.3 Å². The number of nitrogens with zero attached hydrogens (tertiary/aromatic N) is 1. The van der Waals surface area contributed by atoms with Crippen molar-refractivity contribution in [3.8, 4) is 0 Å². The van der Waals surface area contributed by atoms with Crippen LogP contribution in [0.2, 0.25) is 0 Å². The maximum absolute atomic E-state index is 12.5. The van der Waals surface area contributed by atoms with Gasteiger partial charge in [0.05, 0.1) is 11.5 Å². The minimum absolute atomic E-state index is 0.0567. The molecule has 0 unspecified atom stereocenters. The number of non-ortho nitro benzene ring substituents is 1. The van der Waals surface area contributed by atoms with Crippen LogP contribution in [0.15, 0.2) is 35.2 Å². The van der Waals surface area contributed by atoms with Crippen molar-refractivity contribution in [1.29, 1.82) is 0 Å². The molecule has 7 heteroatoms. The van der Waals surface area contributed by atoms with Crippen molar-refractivity contribution in [3.05, 3.63) is 62.7 Å². The molecule has 0 saturated heterocycles. The molecule has 2 aliphatic carbocycles. The lowest BCUT2D eigenvalue weighted by molar-refractivity contribution is -0.384. The van der Waals surface area contributed by atoms with Crippen molar-refractivity contribution >= 4 is 29.2 Å². The number of anilines is 1. The zero-order valence-corrected chi connectivity index (χ0v) is 15.7. The highest BCUT2D eigenvalue weighted by Crippen LogP contribution is 2.38. The lowest BCUT2D eigenvalue weighted by Gasteiger charge is -2.16. The van der Waals surface area contributed by atoms with Crippen LogP contribution in [0.25, 0.3) is 0 Å². The molecule has 0 bridgehead atoms. The van der Waals surface area contributed by atoms with Gasteiger partial charge in [0.15, 0.2) is 0 Å². The van der Waals surface area contributed by atoms with E-state index in [1.165, 1.54) is 46.3 Å². The molecule has 140 valence electrons. The molecule has 1 amide bonds. The van der Waals surface area contributed by atoms with Crippen LogP contribution >= 0.6 is 11.9 Å². The monoisotopic (exact) mass is 383 g/mol. The van der Waals surface area contributed by atoms with E-state index in [4.69, 9.17) is 0 Å². The minimum Gasteiger partial charge on any atom is -0.324 e. The second-order valence-corrected chi connectivity index (χ2v) is 7.92. The largest absolute Gasteiger partial charge is 0.324 e. The van der Waals surface area contributed by atoms with Gasteiger partial charge in [-0.05, 0) is 84.9 Å².